The van der Waals surface area contributed by atoms with Crippen LogP contribution in [0, 0.1) is 12.8 Å². The van der Waals surface area contributed by atoms with Crippen LogP contribution in [0.4, 0.5) is 5.69 Å². The van der Waals surface area contributed by atoms with Gasteiger partial charge >= 0.3 is 0 Å². The van der Waals surface area contributed by atoms with Crippen molar-refractivity contribution in [2.24, 2.45) is 5.92 Å². The van der Waals surface area contributed by atoms with E-state index in [9.17, 15) is 15.3 Å². The van der Waals surface area contributed by atoms with Gasteiger partial charge in [-0.1, -0.05) is 61.3 Å². The second-order valence-corrected chi connectivity index (χ2v) is 10.5. The van der Waals surface area contributed by atoms with Gasteiger partial charge in [-0.3, -0.25) is 0 Å². The Morgan fingerprint density at radius 2 is 1.71 bits per heavy atom. The maximum Gasteiger partial charge on any atom is 0.218 e. The number of nitrogens with zero attached hydrogens (tertiary/aromatic N) is 3. The number of hydrogen-bond donors (Lipinski definition) is 3. The monoisotopic (exact) mass is 499 g/mol. The van der Waals surface area contributed by atoms with E-state index < -0.39 is 29.5 Å². The van der Waals surface area contributed by atoms with Crippen molar-refractivity contribution >= 4 is 28.9 Å². The smallest absolute Gasteiger partial charge is 0.218 e. The Hall–Kier alpha value is -2.51. The van der Waals surface area contributed by atoms with Gasteiger partial charge in [0.2, 0.25) is 5.88 Å². The molecule has 0 radical (unpaired) electrons. The lowest BCUT2D eigenvalue weighted by Gasteiger charge is -2.46. The molecule has 2 unspecified atom stereocenters. The summed E-state index contributed by atoms with van der Waals surface area (Å²) in [7, 11) is 1.92. The number of aliphatic hydroxyl groups is 2. The number of aryl methyl sites for hydroxylation is 1. The van der Waals surface area contributed by atoms with Gasteiger partial charge in [0.25, 0.3) is 0 Å². The zero-order valence-corrected chi connectivity index (χ0v) is 20.9. The Labute approximate surface area is 208 Å². The van der Waals surface area contributed by atoms with E-state index >= 15 is 0 Å². The number of likely N-dealkylation sites (N-methyl/N-ethyl adjacent to an activating group) is 1. The number of fused-ring (bicyclic) bond motifs is 1. The van der Waals surface area contributed by atoms with Crippen molar-refractivity contribution in [2.45, 2.75) is 44.3 Å². The van der Waals surface area contributed by atoms with E-state index in [-0.39, 0.29) is 5.88 Å². The van der Waals surface area contributed by atoms with E-state index in [0.717, 1.165) is 16.9 Å². The number of aromatic nitrogens is 2. The largest absolute Gasteiger partial charge is 0.493 e. The summed E-state index contributed by atoms with van der Waals surface area (Å²) in [4.78, 5) is 2.00. The highest BCUT2D eigenvalue weighted by Crippen LogP contribution is 2.54. The molecule has 1 saturated carbocycles. The third-order valence-electron chi connectivity index (χ3n) is 7.33. The molecule has 0 bridgehead atoms. The van der Waals surface area contributed by atoms with Gasteiger partial charge in [-0.15, -0.1) is 0 Å². The van der Waals surface area contributed by atoms with Crippen LogP contribution in [0.25, 0.3) is 5.69 Å². The summed E-state index contributed by atoms with van der Waals surface area (Å²) in [5.41, 5.74) is 4.13. The predicted molar refractivity (Wildman–Crippen MR) is 134 cm³/mol. The van der Waals surface area contributed by atoms with Crippen LogP contribution in [0.15, 0.2) is 54.2 Å². The van der Waals surface area contributed by atoms with Gasteiger partial charge in [-0.2, -0.15) is 5.10 Å². The van der Waals surface area contributed by atoms with E-state index in [1.807, 2.05) is 54.4 Å². The van der Waals surface area contributed by atoms with Crippen LogP contribution in [0.3, 0.4) is 0 Å². The molecular formula is C26H27Cl2N3O3. The van der Waals surface area contributed by atoms with Gasteiger partial charge in [-0.25, -0.2) is 4.68 Å². The van der Waals surface area contributed by atoms with Gasteiger partial charge < -0.3 is 20.2 Å². The average Bonchev–Trinajstić information content (AvgIpc) is 3.17. The number of aliphatic hydroxyl groups excluding tert-OH is 2. The molecule has 0 spiro atoms. The summed E-state index contributed by atoms with van der Waals surface area (Å²) < 4.78 is 1.44. The van der Waals surface area contributed by atoms with Crippen molar-refractivity contribution < 1.29 is 15.3 Å². The van der Waals surface area contributed by atoms with Gasteiger partial charge in [0.1, 0.15) is 0 Å². The zero-order chi connectivity index (χ0) is 24.5. The van der Waals surface area contributed by atoms with E-state index in [1.165, 1.54) is 4.68 Å². The molecule has 6 nitrogen and oxygen atoms in total. The van der Waals surface area contributed by atoms with Crippen LogP contribution < -0.4 is 4.90 Å². The maximum atomic E-state index is 11.1. The molecule has 5 rings (SSSR count). The van der Waals surface area contributed by atoms with E-state index in [4.69, 9.17) is 23.2 Å². The van der Waals surface area contributed by atoms with Crippen LogP contribution in [0.1, 0.15) is 36.6 Å². The summed E-state index contributed by atoms with van der Waals surface area (Å²) >= 11 is 12.8. The Bertz CT molecular complexity index is 1290. The summed E-state index contributed by atoms with van der Waals surface area (Å²) in [5.74, 6) is -1.22. The number of para-hydroxylation sites is 1. The number of halogens is 2. The molecule has 1 aromatic heterocycles. The molecule has 2 heterocycles. The molecule has 178 valence electrons. The highest BCUT2D eigenvalue weighted by atomic mass is 35.5. The summed E-state index contributed by atoms with van der Waals surface area (Å²) in [6.07, 6.45) is 0.157. The average molecular weight is 500 g/mol. The maximum absolute atomic E-state index is 11.1. The fraction of sp³-hybridized carbons (Fsp3) is 0.346. The first-order valence-electron chi connectivity index (χ1n) is 11.2. The van der Waals surface area contributed by atoms with Gasteiger partial charge in [0.15, 0.2) is 0 Å². The lowest BCUT2D eigenvalue weighted by Crippen LogP contribution is -2.53. The third-order valence-corrected chi connectivity index (χ3v) is 7.84. The normalized spacial score (nSPS) is 26.6. The number of hydrogen-bond acceptors (Lipinski definition) is 5. The minimum Gasteiger partial charge on any atom is -0.493 e. The molecular weight excluding hydrogens is 473 g/mol. The molecule has 1 fully saturated rings. The lowest BCUT2D eigenvalue weighted by atomic mass is 9.64. The third kappa shape index (κ3) is 3.28. The molecule has 0 saturated heterocycles. The van der Waals surface area contributed by atoms with Crippen molar-refractivity contribution in [3.05, 3.63) is 81.1 Å². The van der Waals surface area contributed by atoms with Crippen molar-refractivity contribution in [3.8, 4) is 11.6 Å². The van der Waals surface area contributed by atoms with E-state index in [1.54, 1.807) is 13.0 Å². The van der Waals surface area contributed by atoms with Crippen LogP contribution in [-0.4, -0.2) is 44.4 Å². The van der Waals surface area contributed by atoms with E-state index in [0.29, 0.717) is 27.0 Å². The second-order valence-electron chi connectivity index (χ2n) is 9.67. The van der Waals surface area contributed by atoms with Crippen LogP contribution in [-0.2, 0) is 5.41 Å². The van der Waals surface area contributed by atoms with E-state index in [2.05, 4.69) is 18.9 Å². The number of anilines is 1. The number of aromatic hydroxyl groups is 1. The lowest BCUT2D eigenvalue weighted by molar-refractivity contribution is -0.0955. The minimum atomic E-state index is -0.882. The number of allylic oxidation sites excluding steroid dienone is 1. The molecule has 3 N–H and O–H groups in total. The van der Waals surface area contributed by atoms with Crippen LogP contribution in [0.2, 0.25) is 10.0 Å². The summed E-state index contributed by atoms with van der Waals surface area (Å²) in [6, 6.07) is 12.9. The zero-order valence-electron chi connectivity index (χ0n) is 19.4. The molecule has 2 atom stereocenters. The number of rotatable bonds is 3. The SMILES string of the molecule is Cc1nn(-c2ccccc2)c(O)c1C1C(O)C(C=C2N(C)c3c(Cl)cc(Cl)cc3C2(C)C)C1O. The van der Waals surface area contributed by atoms with Gasteiger partial charge in [0, 0.05) is 40.6 Å². The quantitative estimate of drug-likeness (QED) is 0.475. The van der Waals surface area contributed by atoms with Gasteiger partial charge in [0.05, 0.1) is 34.3 Å². The van der Waals surface area contributed by atoms with Crippen LogP contribution in [0.5, 0.6) is 5.88 Å². The number of benzene rings is 2. The minimum absolute atomic E-state index is 0.0648. The Balaban J connectivity index is 1.48. The first-order chi connectivity index (χ1) is 16.0. The Morgan fingerprint density at radius 3 is 2.35 bits per heavy atom. The van der Waals surface area contributed by atoms with Crippen LogP contribution >= 0.6 is 23.2 Å². The molecule has 2 aliphatic rings. The molecule has 34 heavy (non-hydrogen) atoms. The highest BCUT2D eigenvalue weighted by Gasteiger charge is 2.52. The molecule has 0 amide bonds. The van der Waals surface area contributed by atoms with Crippen molar-refractivity contribution in [3.63, 3.8) is 0 Å². The Kier molecular flexibility index (Phi) is 5.48. The second kappa shape index (κ2) is 8.02. The molecule has 1 aliphatic carbocycles. The first-order valence-corrected chi connectivity index (χ1v) is 11.9. The van der Waals surface area contributed by atoms with Crippen molar-refractivity contribution in [1.82, 2.24) is 9.78 Å². The summed E-state index contributed by atoms with van der Waals surface area (Å²) in [5, 5.41) is 38.8. The molecule has 2 aromatic carbocycles. The predicted octanol–water partition coefficient (Wildman–Crippen LogP) is 4.94. The van der Waals surface area contributed by atoms with Crippen molar-refractivity contribution in [2.75, 3.05) is 11.9 Å². The fourth-order valence-electron chi connectivity index (χ4n) is 5.51. The first kappa shape index (κ1) is 23.2. The molecule has 3 aromatic rings. The fourth-order valence-corrected chi connectivity index (χ4v) is 6.13. The van der Waals surface area contributed by atoms with Crippen molar-refractivity contribution in [1.29, 1.82) is 0 Å². The highest BCUT2D eigenvalue weighted by molar-refractivity contribution is 6.37. The Morgan fingerprint density at radius 1 is 1.06 bits per heavy atom. The molecule has 8 heteroatoms. The summed E-state index contributed by atoms with van der Waals surface area (Å²) in [6.45, 7) is 5.92. The standard InChI is InChI=1S/C26H27Cl2N3O3/c1-13-20(25(34)31(29-13)15-8-6-5-7-9-15)21-23(32)16(24(21)33)12-19-26(2,3)17-10-14(27)11-18(28)22(17)30(19)4/h5-12,16,21,23-24,32-34H,1-4H3. The molecule has 1 aliphatic heterocycles. The van der Waals surface area contributed by atoms with Gasteiger partial charge in [-0.05, 0) is 36.8 Å². The topological polar surface area (TPSA) is 81.8 Å².